The van der Waals surface area contributed by atoms with Crippen LogP contribution in [0.2, 0.25) is 10.3 Å². The minimum absolute atomic E-state index is 0.231. The predicted octanol–water partition coefficient (Wildman–Crippen LogP) is 1.36. The van der Waals surface area contributed by atoms with E-state index >= 15 is 0 Å². The fourth-order valence-electron chi connectivity index (χ4n) is 0.837. The van der Waals surface area contributed by atoms with Crippen molar-refractivity contribution in [2.75, 3.05) is 0 Å². The smallest absolute Gasteiger partial charge is 0.177 e. The Labute approximate surface area is 83.3 Å². The van der Waals surface area contributed by atoms with Gasteiger partial charge in [-0.15, -0.1) is 10.2 Å². The third-order valence-corrected chi connectivity index (χ3v) is 1.82. The minimum Gasteiger partial charge on any atom is -0.223 e. The maximum absolute atomic E-state index is 5.77. The zero-order chi connectivity index (χ0) is 9.26. The first kappa shape index (κ1) is 8.40. The van der Waals surface area contributed by atoms with Gasteiger partial charge in [-0.05, 0) is 0 Å². The number of halogens is 2. The average molecular weight is 216 g/mol. The van der Waals surface area contributed by atoms with Gasteiger partial charge in [-0.3, -0.25) is 0 Å². The van der Waals surface area contributed by atoms with Crippen LogP contribution in [0.1, 0.15) is 0 Å². The molecule has 2 aromatic rings. The molecule has 0 aliphatic heterocycles. The number of hydrogen-bond acceptors (Lipinski definition) is 4. The molecular formula is C6H3Cl2N5. The van der Waals surface area contributed by atoms with E-state index in [1.807, 2.05) is 0 Å². The molecule has 2 heterocycles. The van der Waals surface area contributed by atoms with Crippen LogP contribution in [0.3, 0.4) is 0 Å². The molecule has 5 nitrogen and oxygen atoms in total. The van der Waals surface area contributed by atoms with Crippen LogP contribution in [0.4, 0.5) is 0 Å². The second kappa shape index (κ2) is 3.27. The van der Waals surface area contributed by atoms with E-state index in [1.165, 1.54) is 17.3 Å². The van der Waals surface area contributed by atoms with Crippen LogP contribution in [0, 0.1) is 0 Å². The fraction of sp³-hybridized carbons (Fsp3) is 0. The van der Waals surface area contributed by atoms with Crippen molar-refractivity contribution in [1.29, 1.82) is 0 Å². The second-order valence-electron chi connectivity index (χ2n) is 2.18. The molecular weight excluding hydrogens is 213 g/mol. The molecule has 0 saturated heterocycles. The van der Waals surface area contributed by atoms with E-state index in [0.717, 1.165) is 0 Å². The summed E-state index contributed by atoms with van der Waals surface area (Å²) in [7, 11) is 0. The molecule has 0 aromatic carbocycles. The molecule has 0 atom stereocenters. The maximum Gasteiger partial charge on any atom is 0.177 e. The predicted molar refractivity (Wildman–Crippen MR) is 47.0 cm³/mol. The standard InChI is InChI=1S/C6H3Cl2N5/c7-5-1-4(6(8)12-11-5)13-3-9-2-10-13/h1-3H. The van der Waals surface area contributed by atoms with E-state index in [2.05, 4.69) is 20.3 Å². The quantitative estimate of drug-likeness (QED) is 0.722. The second-order valence-corrected chi connectivity index (χ2v) is 2.93. The van der Waals surface area contributed by atoms with Crippen LogP contribution in [0.25, 0.3) is 5.69 Å². The number of nitrogens with zero attached hydrogens (tertiary/aromatic N) is 5. The monoisotopic (exact) mass is 215 g/mol. The van der Waals surface area contributed by atoms with Gasteiger partial charge in [-0.25, -0.2) is 9.67 Å². The summed E-state index contributed by atoms with van der Waals surface area (Å²) < 4.78 is 1.46. The average Bonchev–Trinajstić information content (AvgIpc) is 2.61. The van der Waals surface area contributed by atoms with E-state index in [1.54, 1.807) is 6.07 Å². The first-order valence-electron chi connectivity index (χ1n) is 3.31. The molecule has 0 fully saturated rings. The Morgan fingerprint density at radius 3 is 2.77 bits per heavy atom. The van der Waals surface area contributed by atoms with Gasteiger partial charge in [0.05, 0.1) is 0 Å². The molecule has 0 unspecified atom stereocenters. The van der Waals surface area contributed by atoms with Crippen molar-refractivity contribution in [3.05, 3.63) is 29.0 Å². The molecule has 2 aromatic heterocycles. The van der Waals surface area contributed by atoms with Crippen LogP contribution in [0.5, 0.6) is 0 Å². The Morgan fingerprint density at radius 2 is 2.08 bits per heavy atom. The zero-order valence-corrected chi connectivity index (χ0v) is 7.74. The van der Waals surface area contributed by atoms with E-state index in [0.29, 0.717) is 5.69 Å². The molecule has 0 aliphatic carbocycles. The minimum atomic E-state index is 0.231. The van der Waals surface area contributed by atoms with Crippen molar-refractivity contribution in [3.63, 3.8) is 0 Å². The summed E-state index contributed by atoms with van der Waals surface area (Å²) >= 11 is 11.4. The maximum atomic E-state index is 5.77. The summed E-state index contributed by atoms with van der Waals surface area (Å²) in [5, 5.41) is 11.6. The van der Waals surface area contributed by atoms with Crippen molar-refractivity contribution in [2.45, 2.75) is 0 Å². The van der Waals surface area contributed by atoms with Gasteiger partial charge in [0.1, 0.15) is 18.3 Å². The van der Waals surface area contributed by atoms with Gasteiger partial charge in [-0.1, -0.05) is 23.2 Å². The van der Waals surface area contributed by atoms with Crippen molar-refractivity contribution in [1.82, 2.24) is 25.0 Å². The SMILES string of the molecule is Clc1cc(-n2cncn2)c(Cl)nn1. The summed E-state index contributed by atoms with van der Waals surface area (Å²) in [5.41, 5.74) is 0.555. The summed E-state index contributed by atoms with van der Waals surface area (Å²) in [6.07, 6.45) is 2.89. The van der Waals surface area contributed by atoms with Gasteiger partial charge in [0.15, 0.2) is 10.3 Å². The molecule has 13 heavy (non-hydrogen) atoms. The number of rotatable bonds is 1. The first-order valence-corrected chi connectivity index (χ1v) is 4.06. The van der Waals surface area contributed by atoms with Crippen molar-refractivity contribution in [2.24, 2.45) is 0 Å². The van der Waals surface area contributed by atoms with Gasteiger partial charge in [0, 0.05) is 6.07 Å². The number of aromatic nitrogens is 5. The summed E-state index contributed by atoms with van der Waals surface area (Å²) in [6, 6.07) is 1.56. The Bertz CT molecular complexity index is 413. The van der Waals surface area contributed by atoms with Crippen LogP contribution < -0.4 is 0 Å². The van der Waals surface area contributed by atoms with Crippen molar-refractivity contribution in [3.8, 4) is 5.69 Å². The Balaban J connectivity index is 2.57. The molecule has 2 rings (SSSR count). The van der Waals surface area contributed by atoms with E-state index < -0.39 is 0 Å². The van der Waals surface area contributed by atoms with Crippen molar-refractivity contribution >= 4 is 23.2 Å². The largest absolute Gasteiger partial charge is 0.223 e. The highest BCUT2D eigenvalue weighted by atomic mass is 35.5. The Kier molecular flexibility index (Phi) is 2.12. The summed E-state index contributed by atoms with van der Waals surface area (Å²) in [4.78, 5) is 3.77. The first-order chi connectivity index (χ1) is 6.27. The lowest BCUT2D eigenvalue weighted by molar-refractivity contribution is 0.858. The van der Waals surface area contributed by atoms with Crippen molar-refractivity contribution < 1.29 is 0 Å². The molecule has 0 N–H and O–H groups in total. The Hall–Kier alpha value is -1.20. The molecule has 0 bridgehead atoms. The summed E-state index contributed by atoms with van der Waals surface area (Å²) in [5.74, 6) is 0. The van der Waals surface area contributed by atoms with Crippen LogP contribution in [-0.4, -0.2) is 25.0 Å². The molecule has 7 heteroatoms. The van der Waals surface area contributed by atoms with Crippen LogP contribution >= 0.6 is 23.2 Å². The molecule has 0 spiro atoms. The zero-order valence-electron chi connectivity index (χ0n) is 6.22. The van der Waals surface area contributed by atoms with Crippen LogP contribution in [0.15, 0.2) is 18.7 Å². The normalized spacial score (nSPS) is 10.3. The van der Waals surface area contributed by atoms with Gasteiger partial charge < -0.3 is 0 Å². The van der Waals surface area contributed by atoms with E-state index in [-0.39, 0.29) is 10.3 Å². The molecule has 66 valence electrons. The van der Waals surface area contributed by atoms with Gasteiger partial charge in [0.25, 0.3) is 0 Å². The highest BCUT2D eigenvalue weighted by Crippen LogP contribution is 2.18. The third kappa shape index (κ3) is 1.61. The lowest BCUT2D eigenvalue weighted by Crippen LogP contribution is -1.98. The van der Waals surface area contributed by atoms with E-state index in [4.69, 9.17) is 23.2 Å². The summed E-state index contributed by atoms with van der Waals surface area (Å²) in [6.45, 7) is 0. The Morgan fingerprint density at radius 1 is 1.23 bits per heavy atom. The highest BCUT2D eigenvalue weighted by Gasteiger charge is 2.06. The lowest BCUT2D eigenvalue weighted by atomic mass is 10.5. The van der Waals surface area contributed by atoms with Gasteiger partial charge >= 0.3 is 0 Å². The third-order valence-electron chi connectivity index (χ3n) is 1.37. The van der Waals surface area contributed by atoms with Gasteiger partial charge in [0.2, 0.25) is 0 Å². The highest BCUT2D eigenvalue weighted by molar-refractivity contribution is 6.32. The lowest BCUT2D eigenvalue weighted by Gasteiger charge is -2.00. The van der Waals surface area contributed by atoms with E-state index in [9.17, 15) is 0 Å². The fourth-order valence-corrected chi connectivity index (χ4v) is 1.16. The topological polar surface area (TPSA) is 56.5 Å². The number of hydrogen-bond donors (Lipinski definition) is 0. The van der Waals surface area contributed by atoms with Crippen LogP contribution in [-0.2, 0) is 0 Å². The molecule has 0 radical (unpaired) electrons. The molecule has 0 saturated carbocycles. The van der Waals surface area contributed by atoms with Gasteiger partial charge in [-0.2, -0.15) is 5.10 Å². The molecule has 0 amide bonds. The molecule has 0 aliphatic rings.